The molecule has 2 nitrogen and oxygen atoms in total. The molecule has 0 rings (SSSR count). The lowest BCUT2D eigenvalue weighted by molar-refractivity contribution is 0.0561. The fourth-order valence-electron chi connectivity index (χ4n) is 0.659. The molecule has 0 aliphatic carbocycles. The highest BCUT2D eigenvalue weighted by molar-refractivity contribution is 4.72. The van der Waals surface area contributed by atoms with Gasteiger partial charge in [-0.05, 0) is 26.3 Å². The van der Waals surface area contributed by atoms with Gasteiger partial charge in [-0.15, -0.1) is 0 Å². The molecule has 0 aromatic rings. The minimum absolute atomic E-state index is 0.519. The summed E-state index contributed by atoms with van der Waals surface area (Å²) in [6.45, 7) is 7.67. The van der Waals surface area contributed by atoms with Crippen molar-refractivity contribution < 1.29 is 5.11 Å². The van der Waals surface area contributed by atoms with Gasteiger partial charge in [0.05, 0.1) is 5.60 Å². The Kier molecular flexibility index (Phi) is 4.65. The van der Waals surface area contributed by atoms with Crippen LogP contribution in [-0.4, -0.2) is 23.8 Å². The molecule has 0 radical (unpaired) electrons. The van der Waals surface area contributed by atoms with Gasteiger partial charge in [-0.2, -0.15) is 0 Å². The predicted molar refractivity (Wildman–Crippen MR) is 44.1 cm³/mol. The van der Waals surface area contributed by atoms with E-state index in [-0.39, 0.29) is 0 Å². The second-order valence-corrected chi connectivity index (χ2v) is 3.03. The van der Waals surface area contributed by atoms with Gasteiger partial charge in [0.1, 0.15) is 0 Å². The Morgan fingerprint density at radius 1 is 1.40 bits per heavy atom. The highest BCUT2D eigenvalue weighted by Crippen LogP contribution is 2.05. The molecule has 0 aliphatic rings. The molecular formula is C8H19NO. The summed E-state index contributed by atoms with van der Waals surface area (Å²) in [5, 5.41) is 12.7. The molecule has 0 aromatic heterocycles. The fraction of sp³-hybridized carbons (Fsp3) is 1.00. The first-order chi connectivity index (χ1) is 4.62. The van der Waals surface area contributed by atoms with Crippen LogP contribution in [0.5, 0.6) is 0 Å². The Labute approximate surface area is 63.6 Å². The maximum absolute atomic E-state index is 9.49. The van der Waals surface area contributed by atoms with E-state index in [1.165, 1.54) is 0 Å². The summed E-state index contributed by atoms with van der Waals surface area (Å²) in [4.78, 5) is 0. The molecular weight excluding hydrogens is 126 g/mol. The number of hydrogen-bond donors (Lipinski definition) is 2. The van der Waals surface area contributed by atoms with Gasteiger partial charge in [-0.25, -0.2) is 0 Å². The highest BCUT2D eigenvalue weighted by Gasteiger charge is 2.15. The largest absolute Gasteiger partial charge is 0.389 e. The Morgan fingerprint density at radius 2 is 2.00 bits per heavy atom. The van der Waals surface area contributed by atoms with E-state index in [2.05, 4.69) is 12.2 Å². The lowest BCUT2D eigenvalue weighted by Crippen LogP contribution is -2.37. The van der Waals surface area contributed by atoms with Crippen molar-refractivity contribution in [3.05, 3.63) is 0 Å². The molecule has 0 aliphatic heterocycles. The molecule has 1 unspecified atom stereocenters. The number of hydrogen-bond acceptors (Lipinski definition) is 2. The van der Waals surface area contributed by atoms with E-state index < -0.39 is 5.60 Å². The first kappa shape index (κ1) is 9.92. The third-order valence-corrected chi connectivity index (χ3v) is 1.69. The van der Waals surface area contributed by atoms with Gasteiger partial charge in [0.25, 0.3) is 0 Å². The van der Waals surface area contributed by atoms with E-state index in [0.29, 0.717) is 6.54 Å². The van der Waals surface area contributed by atoms with Gasteiger partial charge in [0, 0.05) is 6.54 Å². The fourth-order valence-corrected chi connectivity index (χ4v) is 0.659. The molecule has 2 N–H and O–H groups in total. The molecule has 0 amide bonds. The molecule has 0 saturated carbocycles. The van der Waals surface area contributed by atoms with Crippen molar-refractivity contribution in [2.75, 3.05) is 13.1 Å². The molecule has 62 valence electrons. The van der Waals surface area contributed by atoms with Crippen LogP contribution in [-0.2, 0) is 0 Å². The standard InChI is InChI=1S/C8H19NO/c1-4-6-9-7-8(3,10)5-2/h9-10H,4-7H2,1-3H3. The molecule has 1 atom stereocenters. The van der Waals surface area contributed by atoms with Crippen LogP contribution in [0.4, 0.5) is 0 Å². The lowest BCUT2D eigenvalue weighted by Gasteiger charge is -2.21. The maximum Gasteiger partial charge on any atom is 0.0740 e. The van der Waals surface area contributed by atoms with Gasteiger partial charge >= 0.3 is 0 Å². The van der Waals surface area contributed by atoms with Crippen LogP contribution in [0, 0.1) is 0 Å². The average molecular weight is 145 g/mol. The van der Waals surface area contributed by atoms with E-state index in [1.807, 2.05) is 13.8 Å². The van der Waals surface area contributed by atoms with Crippen molar-refractivity contribution in [1.29, 1.82) is 0 Å². The second-order valence-electron chi connectivity index (χ2n) is 3.03. The minimum Gasteiger partial charge on any atom is -0.389 e. The summed E-state index contributed by atoms with van der Waals surface area (Å²) in [5.41, 5.74) is -0.519. The van der Waals surface area contributed by atoms with E-state index in [0.717, 1.165) is 19.4 Å². The number of aliphatic hydroxyl groups is 1. The number of rotatable bonds is 5. The zero-order valence-electron chi connectivity index (χ0n) is 7.28. The Morgan fingerprint density at radius 3 is 2.40 bits per heavy atom. The zero-order chi connectivity index (χ0) is 8.04. The molecule has 10 heavy (non-hydrogen) atoms. The van der Waals surface area contributed by atoms with Crippen molar-refractivity contribution in [3.63, 3.8) is 0 Å². The molecule has 2 heteroatoms. The number of nitrogens with one attached hydrogen (secondary N) is 1. The Balaban J connectivity index is 3.28. The van der Waals surface area contributed by atoms with Gasteiger partial charge in [0.2, 0.25) is 0 Å². The van der Waals surface area contributed by atoms with Crippen LogP contribution in [0.1, 0.15) is 33.6 Å². The van der Waals surface area contributed by atoms with E-state index >= 15 is 0 Å². The summed E-state index contributed by atoms with van der Waals surface area (Å²) in [7, 11) is 0. The monoisotopic (exact) mass is 145 g/mol. The topological polar surface area (TPSA) is 32.3 Å². The maximum atomic E-state index is 9.49. The third kappa shape index (κ3) is 4.77. The van der Waals surface area contributed by atoms with Crippen LogP contribution < -0.4 is 5.32 Å². The van der Waals surface area contributed by atoms with Gasteiger partial charge in [-0.1, -0.05) is 13.8 Å². The van der Waals surface area contributed by atoms with E-state index in [1.54, 1.807) is 0 Å². The summed E-state index contributed by atoms with van der Waals surface area (Å²) in [5.74, 6) is 0. The minimum atomic E-state index is -0.519. The first-order valence-electron chi connectivity index (χ1n) is 4.05. The van der Waals surface area contributed by atoms with Crippen molar-refractivity contribution in [2.24, 2.45) is 0 Å². The first-order valence-corrected chi connectivity index (χ1v) is 4.05. The quantitative estimate of drug-likeness (QED) is 0.569. The van der Waals surface area contributed by atoms with Gasteiger partial charge in [0.15, 0.2) is 0 Å². The smallest absolute Gasteiger partial charge is 0.0740 e. The van der Waals surface area contributed by atoms with Crippen molar-refractivity contribution in [3.8, 4) is 0 Å². The van der Waals surface area contributed by atoms with Crippen molar-refractivity contribution >= 4 is 0 Å². The molecule has 0 spiro atoms. The SMILES string of the molecule is CCCNCC(C)(O)CC. The summed E-state index contributed by atoms with van der Waals surface area (Å²) < 4.78 is 0. The highest BCUT2D eigenvalue weighted by atomic mass is 16.3. The molecule has 0 aromatic carbocycles. The van der Waals surface area contributed by atoms with E-state index in [9.17, 15) is 5.11 Å². The molecule has 0 fully saturated rings. The average Bonchev–Trinajstić information content (AvgIpc) is 1.89. The molecule has 0 heterocycles. The van der Waals surface area contributed by atoms with Gasteiger partial charge in [-0.3, -0.25) is 0 Å². The predicted octanol–water partition coefficient (Wildman–Crippen LogP) is 1.15. The Bertz CT molecular complexity index is 81.3. The normalized spacial score (nSPS) is 16.8. The molecule has 0 bridgehead atoms. The summed E-state index contributed by atoms with van der Waals surface area (Å²) in [6, 6.07) is 0. The second kappa shape index (κ2) is 4.69. The molecule has 0 saturated heterocycles. The van der Waals surface area contributed by atoms with Crippen LogP contribution in [0.15, 0.2) is 0 Å². The van der Waals surface area contributed by atoms with E-state index in [4.69, 9.17) is 0 Å². The zero-order valence-corrected chi connectivity index (χ0v) is 7.28. The van der Waals surface area contributed by atoms with Gasteiger partial charge < -0.3 is 10.4 Å². The van der Waals surface area contributed by atoms with Crippen LogP contribution in [0.25, 0.3) is 0 Å². The van der Waals surface area contributed by atoms with Crippen LogP contribution >= 0.6 is 0 Å². The van der Waals surface area contributed by atoms with Crippen molar-refractivity contribution in [2.45, 2.75) is 39.2 Å². The van der Waals surface area contributed by atoms with Crippen LogP contribution in [0.3, 0.4) is 0 Å². The summed E-state index contributed by atoms with van der Waals surface area (Å²) >= 11 is 0. The van der Waals surface area contributed by atoms with Crippen molar-refractivity contribution in [1.82, 2.24) is 5.32 Å². The lowest BCUT2D eigenvalue weighted by atomic mass is 10.0. The Hall–Kier alpha value is -0.0800. The van der Waals surface area contributed by atoms with Crippen LogP contribution in [0.2, 0.25) is 0 Å². The summed E-state index contributed by atoms with van der Waals surface area (Å²) in [6.07, 6.45) is 1.93. The third-order valence-electron chi connectivity index (χ3n) is 1.69.